The van der Waals surface area contributed by atoms with E-state index in [0.717, 1.165) is 24.3 Å². The van der Waals surface area contributed by atoms with Crippen LogP contribution in [0.5, 0.6) is 0 Å². The minimum absolute atomic E-state index is 0.0135. The molecule has 0 saturated carbocycles. The van der Waals surface area contributed by atoms with E-state index in [2.05, 4.69) is 24.5 Å². The Balaban J connectivity index is 1.87. The predicted molar refractivity (Wildman–Crippen MR) is 100 cm³/mol. The molecular weight excluding hydrogens is 316 g/mol. The molecule has 0 radical (unpaired) electrons. The van der Waals surface area contributed by atoms with Crippen LogP contribution in [0.4, 0.5) is 10.5 Å². The molecule has 1 aliphatic heterocycles. The van der Waals surface area contributed by atoms with Gasteiger partial charge in [0.25, 0.3) is 0 Å². The standard InChI is InChI=1S/C19H30N4O2/c1-14-8-15(2)12-23(11-14)19(25)20-10-16-6-5-7-17(9-16)21-18(24)13-22(3)4/h5-7,9,14-15H,8,10-13H2,1-4H3,(H,20,25)(H,21,24). The second-order valence-corrected chi connectivity index (χ2v) is 7.50. The lowest BCUT2D eigenvalue weighted by molar-refractivity contribution is -0.116. The first-order chi connectivity index (χ1) is 11.8. The van der Waals surface area contributed by atoms with Crippen LogP contribution in [-0.4, -0.2) is 55.5 Å². The summed E-state index contributed by atoms with van der Waals surface area (Å²) in [6.45, 7) is 6.81. The highest BCUT2D eigenvalue weighted by molar-refractivity contribution is 5.92. The van der Waals surface area contributed by atoms with Crippen molar-refractivity contribution in [2.75, 3.05) is 39.0 Å². The number of anilines is 1. The maximum absolute atomic E-state index is 12.4. The molecule has 6 nitrogen and oxygen atoms in total. The maximum atomic E-state index is 12.4. The van der Waals surface area contributed by atoms with Crippen molar-refractivity contribution < 1.29 is 9.59 Å². The smallest absolute Gasteiger partial charge is 0.317 e. The van der Waals surface area contributed by atoms with E-state index in [0.29, 0.717) is 24.9 Å². The molecule has 1 aliphatic rings. The summed E-state index contributed by atoms with van der Waals surface area (Å²) in [6, 6.07) is 7.57. The number of carbonyl (C=O) groups is 2. The fourth-order valence-corrected chi connectivity index (χ4v) is 3.37. The van der Waals surface area contributed by atoms with Crippen LogP contribution in [0.1, 0.15) is 25.8 Å². The first-order valence-electron chi connectivity index (χ1n) is 8.89. The quantitative estimate of drug-likeness (QED) is 0.860. The molecule has 0 aliphatic carbocycles. The van der Waals surface area contributed by atoms with Gasteiger partial charge in [0.05, 0.1) is 6.54 Å². The van der Waals surface area contributed by atoms with Crippen LogP contribution in [0.3, 0.4) is 0 Å². The average molecular weight is 346 g/mol. The number of amides is 3. The maximum Gasteiger partial charge on any atom is 0.317 e. The number of likely N-dealkylation sites (N-methyl/N-ethyl adjacent to an activating group) is 1. The van der Waals surface area contributed by atoms with Crippen LogP contribution >= 0.6 is 0 Å². The first-order valence-corrected chi connectivity index (χ1v) is 8.89. The molecule has 2 N–H and O–H groups in total. The van der Waals surface area contributed by atoms with Gasteiger partial charge in [0.15, 0.2) is 0 Å². The Labute approximate surface area is 150 Å². The zero-order chi connectivity index (χ0) is 18.4. The Kier molecular flexibility index (Phi) is 6.82. The topological polar surface area (TPSA) is 64.7 Å². The number of benzene rings is 1. The summed E-state index contributed by atoms with van der Waals surface area (Å²) in [6.07, 6.45) is 1.18. The summed E-state index contributed by atoms with van der Waals surface area (Å²) in [4.78, 5) is 27.9. The third-order valence-electron chi connectivity index (χ3n) is 4.27. The molecule has 1 heterocycles. The number of carbonyl (C=O) groups excluding carboxylic acids is 2. The zero-order valence-electron chi connectivity index (χ0n) is 15.7. The Morgan fingerprint density at radius 3 is 2.52 bits per heavy atom. The van der Waals surface area contributed by atoms with E-state index in [-0.39, 0.29) is 11.9 Å². The molecule has 6 heteroatoms. The van der Waals surface area contributed by atoms with Gasteiger partial charge in [0.1, 0.15) is 0 Å². The van der Waals surface area contributed by atoms with Crippen LogP contribution in [0, 0.1) is 11.8 Å². The van der Waals surface area contributed by atoms with Crippen LogP contribution in [0.25, 0.3) is 0 Å². The number of piperidine rings is 1. The number of hydrogen-bond acceptors (Lipinski definition) is 3. The second-order valence-electron chi connectivity index (χ2n) is 7.50. The van der Waals surface area contributed by atoms with Crippen molar-refractivity contribution in [2.24, 2.45) is 11.8 Å². The van der Waals surface area contributed by atoms with Crippen molar-refractivity contribution in [1.29, 1.82) is 0 Å². The average Bonchev–Trinajstić information content (AvgIpc) is 2.51. The van der Waals surface area contributed by atoms with Gasteiger partial charge in [-0.2, -0.15) is 0 Å². The van der Waals surface area contributed by atoms with Crippen molar-refractivity contribution in [2.45, 2.75) is 26.8 Å². The lowest BCUT2D eigenvalue weighted by Gasteiger charge is -2.34. The minimum atomic E-state index is -0.0533. The predicted octanol–water partition coefficient (Wildman–Crippen LogP) is 2.37. The zero-order valence-corrected chi connectivity index (χ0v) is 15.7. The number of nitrogens with one attached hydrogen (secondary N) is 2. The van der Waals surface area contributed by atoms with Crippen molar-refractivity contribution in [3.8, 4) is 0 Å². The Hall–Kier alpha value is -2.08. The third-order valence-corrected chi connectivity index (χ3v) is 4.27. The fraction of sp³-hybridized carbons (Fsp3) is 0.579. The van der Waals surface area contributed by atoms with Gasteiger partial charge >= 0.3 is 6.03 Å². The first kappa shape index (κ1) is 19.2. The van der Waals surface area contributed by atoms with E-state index in [1.807, 2.05) is 48.2 Å². The summed E-state index contributed by atoms with van der Waals surface area (Å²) < 4.78 is 0. The SMILES string of the molecule is CC1CC(C)CN(C(=O)NCc2cccc(NC(=O)CN(C)C)c2)C1. The number of likely N-dealkylation sites (tertiary alicyclic amines) is 1. The van der Waals surface area contributed by atoms with Crippen LogP contribution in [-0.2, 0) is 11.3 Å². The van der Waals surface area contributed by atoms with Gasteiger partial charge < -0.3 is 20.4 Å². The van der Waals surface area contributed by atoms with Gasteiger partial charge in [0.2, 0.25) is 5.91 Å². The Morgan fingerprint density at radius 1 is 1.20 bits per heavy atom. The van der Waals surface area contributed by atoms with E-state index < -0.39 is 0 Å². The van der Waals surface area contributed by atoms with Gasteiger partial charge in [-0.25, -0.2) is 4.79 Å². The van der Waals surface area contributed by atoms with E-state index in [1.165, 1.54) is 6.42 Å². The van der Waals surface area contributed by atoms with Gasteiger partial charge in [-0.1, -0.05) is 26.0 Å². The van der Waals surface area contributed by atoms with Crippen LogP contribution in [0.15, 0.2) is 24.3 Å². The normalized spacial score (nSPS) is 20.4. The lowest BCUT2D eigenvalue weighted by atomic mass is 9.92. The summed E-state index contributed by atoms with van der Waals surface area (Å²) >= 11 is 0. The van der Waals surface area contributed by atoms with E-state index in [1.54, 1.807) is 0 Å². The number of rotatable bonds is 5. The summed E-state index contributed by atoms with van der Waals surface area (Å²) in [5, 5.41) is 5.86. The molecule has 1 aromatic rings. The lowest BCUT2D eigenvalue weighted by Crippen LogP contribution is -2.47. The molecule has 3 amide bonds. The molecule has 0 bridgehead atoms. The van der Waals surface area contributed by atoms with Crippen molar-refractivity contribution in [3.05, 3.63) is 29.8 Å². The molecule has 2 rings (SSSR count). The number of nitrogens with zero attached hydrogens (tertiary/aromatic N) is 2. The highest BCUT2D eigenvalue weighted by Crippen LogP contribution is 2.21. The molecule has 25 heavy (non-hydrogen) atoms. The highest BCUT2D eigenvalue weighted by atomic mass is 16.2. The third kappa shape index (κ3) is 6.38. The van der Waals surface area contributed by atoms with Crippen molar-refractivity contribution >= 4 is 17.6 Å². The monoisotopic (exact) mass is 346 g/mol. The molecule has 1 aromatic carbocycles. The fourth-order valence-electron chi connectivity index (χ4n) is 3.37. The van der Waals surface area contributed by atoms with Crippen LogP contribution in [0.2, 0.25) is 0 Å². The van der Waals surface area contributed by atoms with Gasteiger partial charge in [-0.3, -0.25) is 4.79 Å². The summed E-state index contributed by atoms with van der Waals surface area (Å²) in [5.74, 6) is 1.04. The van der Waals surface area contributed by atoms with Crippen LogP contribution < -0.4 is 10.6 Å². The second kappa shape index (κ2) is 8.85. The van der Waals surface area contributed by atoms with Gasteiger partial charge in [0, 0.05) is 25.3 Å². The highest BCUT2D eigenvalue weighted by Gasteiger charge is 2.25. The van der Waals surface area contributed by atoms with Crippen molar-refractivity contribution in [3.63, 3.8) is 0 Å². The summed E-state index contributed by atoms with van der Waals surface area (Å²) in [7, 11) is 3.71. The molecule has 138 valence electrons. The summed E-state index contributed by atoms with van der Waals surface area (Å²) in [5.41, 5.74) is 1.72. The molecule has 0 spiro atoms. The van der Waals surface area contributed by atoms with E-state index in [4.69, 9.17) is 0 Å². The number of urea groups is 1. The van der Waals surface area contributed by atoms with Crippen molar-refractivity contribution in [1.82, 2.24) is 15.1 Å². The van der Waals surface area contributed by atoms with Gasteiger partial charge in [-0.05, 0) is 50.0 Å². The molecular formula is C19H30N4O2. The molecule has 1 saturated heterocycles. The van der Waals surface area contributed by atoms with Gasteiger partial charge in [-0.15, -0.1) is 0 Å². The number of hydrogen-bond donors (Lipinski definition) is 2. The Morgan fingerprint density at radius 2 is 1.88 bits per heavy atom. The molecule has 2 atom stereocenters. The molecule has 0 aromatic heterocycles. The largest absolute Gasteiger partial charge is 0.334 e. The molecule has 1 fully saturated rings. The Bertz CT molecular complexity index is 593. The van der Waals surface area contributed by atoms with E-state index >= 15 is 0 Å². The van der Waals surface area contributed by atoms with E-state index in [9.17, 15) is 9.59 Å². The molecule has 2 unspecified atom stereocenters. The minimum Gasteiger partial charge on any atom is -0.334 e.